The van der Waals surface area contributed by atoms with E-state index in [4.69, 9.17) is 4.42 Å². The molecule has 3 aromatic heterocycles. The van der Waals surface area contributed by atoms with Crippen LogP contribution in [0.1, 0.15) is 21.9 Å². The zero-order chi connectivity index (χ0) is 21.1. The molecule has 0 spiro atoms. The smallest absolute Gasteiger partial charge is 0.287 e. The van der Waals surface area contributed by atoms with Gasteiger partial charge in [-0.25, -0.2) is 4.68 Å². The molecule has 0 aliphatic rings. The zero-order valence-corrected chi connectivity index (χ0v) is 16.5. The fraction of sp³-hybridized carbons (Fsp3) is 0.190. The summed E-state index contributed by atoms with van der Waals surface area (Å²) in [6.45, 7) is 4.62. The van der Waals surface area contributed by atoms with Crippen molar-refractivity contribution in [2.45, 2.75) is 13.8 Å². The van der Waals surface area contributed by atoms with E-state index in [0.29, 0.717) is 35.7 Å². The first-order valence-electron chi connectivity index (χ1n) is 9.43. The predicted molar refractivity (Wildman–Crippen MR) is 112 cm³/mol. The molecular formula is C21H20N6O3. The number of aryl methyl sites for hydroxylation is 2. The molecule has 0 aliphatic carbocycles. The molecular weight excluding hydrogens is 384 g/mol. The van der Waals surface area contributed by atoms with Crippen molar-refractivity contribution in [1.82, 2.24) is 25.3 Å². The van der Waals surface area contributed by atoms with Gasteiger partial charge in [0.1, 0.15) is 11.4 Å². The standard InChI is InChI=1S/C21H20N6O3/c1-13-11-14(2)27(26-13)20-8-7-19(24-25-20)22-9-10-23-21(29)18-12-16(28)15-5-3-4-6-17(15)30-18/h3-8,11-12H,9-10H2,1-2H3,(H,22,24)(H,23,29). The second-order valence-corrected chi connectivity index (χ2v) is 6.77. The number of aromatic nitrogens is 4. The Morgan fingerprint density at radius 1 is 1.07 bits per heavy atom. The minimum Gasteiger partial charge on any atom is -0.451 e. The van der Waals surface area contributed by atoms with Crippen LogP contribution in [-0.2, 0) is 0 Å². The van der Waals surface area contributed by atoms with Crippen molar-refractivity contribution in [1.29, 1.82) is 0 Å². The van der Waals surface area contributed by atoms with Gasteiger partial charge in [-0.3, -0.25) is 9.59 Å². The van der Waals surface area contributed by atoms with Crippen molar-refractivity contribution in [3.05, 3.63) is 75.9 Å². The van der Waals surface area contributed by atoms with Gasteiger partial charge in [0.15, 0.2) is 17.0 Å². The van der Waals surface area contributed by atoms with E-state index in [-0.39, 0.29) is 11.2 Å². The van der Waals surface area contributed by atoms with Gasteiger partial charge < -0.3 is 15.1 Å². The first kappa shape index (κ1) is 19.3. The van der Waals surface area contributed by atoms with Gasteiger partial charge in [0.2, 0.25) is 0 Å². The number of nitrogens with zero attached hydrogens (tertiary/aromatic N) is 4. The lowest BCUT2D eigenvalue weighted by atomic mass is 10.2. The van der Waals surface area contributed by atoms with Gasteiger partial charge in [0, 0.05) is 24.8 Å². The van der Waals surface area contributed by atoms with Crippen LogP contribution in [0.25, 0.3) is 16.8 Å². The number of para-hydroxylation sites is 1. The summed E-state index contributed by atoms with van der Waals surface area (Å²) >= 11 is 0. The second-order valence-electron chi connectivity index (χ2n) is 6.77. The highest BCUT2D eigenvalue weighted by molar-refractivity contribution is 5.93. The highest BCUT2D eigenvalue weighted by atomic mass is 16.3. The highest BCUT2D eigenvalue weighted by Crippen LogP contribution is 2.12. The molecule has 4 aromatic rings. The molecule has 9 heteroatoms. The molecule has 0 unspecified atom stereocenters. The van der Waals surface area contributed by atoms with Crippen LogP contribution < -0.4 is 16.1 Å². The topological polar surface area (TPSA) is 115 Å². The number of amides is 1. The van der Waals surface area contributed by atoms with Crippen LogP contribution in [0, 0.1) is 13.8 Å². The van der Waals surface area contributed by atoms with Gasteiger partial charge in [0.25, 0.3) is 5.91 Å². The lowest BCUT2D eigenvalue weighted by Gasteiger charge is -2.08. The summed E-state index contributed by atoms with van der Waals surface area (Å²) in [5.41, 5.74) is 2.02. The van der Waals surface area contributed by atoms with E-state index in [1.165, 1.54) is 6.07 Å². The maximum Gasteiger partial charge on any atom is 0.287 e. The maximum atomic E-state index is 12.3. The average Bonchev–Trinajstić information content (AvgIpc) is 3.09. The minimum atomic E-state index is -0.453. The second kappa shape index (κ2) is 8.16. The molecule has 1 aromatic carbocycles. The molecule has 0 aliphatic heterocycles. The van der Waals surface area contributed by atoms with Crippen LogP contribution in [0.4, 0.5) is 5.82 Å². The van der Waals surface area contributed by atoms with Crippen LogP contribution >= 0.6 is 0 Å². The highest BCUT2D eigenvalue weighted by Gasteiger charge is 2.11. The van der Waals surface area contributed by atoms with E-state index in [0.717, 1.165) is 11.4 Å². The number of hydrogen-bond donors (Lipinski definition) is 2. The van der Waals surface area contributed by atoms with Crippen molar-refractivity contribution < 1.29 is 9.21 Å². The third-order valence-electron chi connectivity index (χ3n) is 4.45. The molecule has 4 rings (SSSR count). The molecule has 30 heavy (non-hydrogen) atoms. The van der Waals surface area contributed by atoms with Gasteiger partial charge >= 0.3 is 0 Å². The minimum absolute atomic E-state index is 0.0206. The van der Waals surface area contributed by atoms with Crippen molar-refractivity contribution in [3.63, 3.8) is 0 Å². The summed E-state index contributed by atoms with van der Waals surface area (Å²) in [7, 11) is 0. The maximum absolute atomic E-state index is 12.3. The van der Waals surface area contributed by atoms with E-state index in [1.807, 2.05) is 26.0 Å². The third-order valence-corrected chi connectivity index (χ3v) is 4.45. The Morgan fingerprint density at radius 3 is 2.63 bits per heavy atom. The Hall–Kier alpha value is -4.01. The Bertz CT molecular complexity index is 1260. The number of rotatable bonds is 6. The summed E-state index contributed by atoms with van der Waals surface area (Å²) in [5.74, 6) is 0.732. The number of hydrogen-bond acceptors (Lipinski definition) is 7. The number of fused-ring (bicyclic) bond motifs is 1. The average molecular weight is 404 g/mol. The van der Waals surface area contributed by atoms with Crippen LogP contribution in [0.3, 0.4) is 0 Å². The summed E-state index contributed by atoms with van der Waals surface area (Å²) in [6.07, 6.45) is 0. The van der Waals surface area contributed by atoms with Crippen LogP contribution in [0.2, 0.25) is 0 Å². The summed E-state index contributed by atoms with van der Waals surface area (Å²) in [5, 5.41) is 18.9. The van der Waals surface area contributed by atoms with E-state index in [9.17, 15) is 9.59 Å². The quantitative estimate of drug-likeness (QED) is 0.474. The van der Waals surface area contributed by atoms with E-state index < -0.39 is 5.91 Å². The molecule has 152 valence electrons. The fourth-order valence-corrected chi connectivity index (χ4v) is 3.06. The summed E-state index contributed by atoms with van der Waals surface area (Å²) in [6, 6.07) is 13.6. The van der Waals surface area contributed by atoms with E-state index >= 15 is 0 Å². The summed E-state index contributed by atoms with van der Waals surface area (Å²) in [4.78, 5) is 24.4. The number of carbonyl (C=O) groups is 1. The largest absolute Gasteiger partial charge is 0.451 e. The van der Waals surface area contributed by atoms with E-state index in [1.54, 1.807) is 35.0 Å². The lowest BCUT2D eigenvalue weighted by molar-refractivity contribution is 0.0928. The molecule has 2 N–H and O–H groups in total. The Balaban J connectivity index is 1.32. The van der Waals surface area contributed by atoms with Crippen LogP contribution in [0.5, 0.6) is 0 Å². The molecule has 0 fully saturated rings. The first-order valence-corrected chi connectivity index (χ1v) is 9.43. The van der Waals surface area contributed by atoms with Gasteiger partial charge in [-0.05, 0) is 44.2 Å². The predicted octanol–water partition coefficient (Wildman–Crippen LogP) is 2.23. The molecule has 3 heterocycles. The summed E-state index contributed by atoms with van der Waals surface area (Å²) < 4.78 is 7.25. The van der Waals surface area contributed by atoms with Crippen molar-refractivity contribution in [2.24, 2.45) is 0 Å². The van der Waals surface area contributed by atoms with Crippen LogP contribution in [-0.4, -0.2) is 39.0 Å². The monoisotopic (exact) mass is 404 g/mol. The molecule has 0 saturated carbocycles. The lowest BCUT2D eigenvalue weighted by Crippen LogP contribution is -2.29. The van der Waals surface area contributed by atoms with Gasteiger partial charge in [-0.2, -0.15) is 5.10 Å². The molecule has 9 nitrogen and oxygen atoms in total. The van der Waals surface area contributed by atoms with Gasteiger partial charge in [-0.1, -0.05) is 12.1 Å². The van der Waals surface area contributed by atoms with E-state index in [2.05, 4.69) is 25.9 Å². The zero-order valence-electron chi connectivity index (χ0n) is 16.5. The molecule has 0 radical (unpaired) electrons. The molecule has 1 amide bonds. The Labute approximate surface area is 171 Å². The van der Waals surface area contributed by atoms with Gasteiger partial charge in [-0.15, -0.1) is 10.2 Å². The molecule has 0 atom stereocenters. The molecule has 0 bridgehead atoms. The van der Waals surface area contributed by atoms with Crippen molar-refractivity contribution in [3.8, 4) is 5.82 Å². The number of carbonyl (C=O) groups excluding carboxylic acids is 1. The van der Waals surface area contributed by atoms with Crippen molar-refractivity contribution >= 4 is 22.7 Å². The fourth-order valence-electron chi connectivity index (χ4n) is 3.06. The Morgan fingerprint density at radius 2 is 1.90 bits per heavy atom. The number of benzene rings is 1. The Kier molecular flexibility index (Phi) is 5.25. The van der Waals surface area contributed by atoms with Gasteiger partial charge in [0.05, 0.1) is 11.1 Å². The molecule has 0 saturated heterocycles. The first-order chi connectivity index (χ1) is 14.5. The van der Waals surface area contributed by atoms with Crippen LogP contribution in [0.15, 0.2) is 57.7 Å². The third kappa shape index (κ3) is 4.04. The number of nitrogens with one attached hydrogen (secondary N) is 2. The normalized spacial score (nSPS) is 10.9. The van der Waals surface area contributed by atoms with Crippen molar-refractivity contribution in [2.75, 3.05) is 18.4 Å². The SMILES string of the molecule is Cc1cc(C)n(-c2ccc(NCCNC(=O)c3cc(=O)c4ccccc4o3)nn2)n1. The number of anilines is 1.